The molecular weight excluding hydrogens is 316 g/mol. The van der Waals surface area contributed by atoms with Gasteiger partial charge in [0.15, 0.2) is 0 Å². The number of hydrogen-bond donors (Lipinski definition) is 1. The van der Waals surface area contributed by atoms with Gasteiger partial charge in [-0.25, -0.2) is 0 Å². The summed E-state index contributed by atoms with van der Waals surface area (Å²) in [6.45, 7) is 4.13. The Hall–Kier alpha value is -1.49. The second-order valence-electron chi connectivity index (χ2n) is 6.20. The lowest BCUT2D eigenvalue weighted by Gasteiger charge is -2.23. The highest BCUT2D eigenvalue weighted by atomic mass is 32.1. The van der Waals surface area contributed by atoms with E-state index < -0.39 is 0 Å². The van der Waals surface area contributed by atoms with Gasteiger partial charge in [-0.15, -0.1) is 0 Å². The molecule has 4 heteroatoms. The van der Waals surface area contributed by atoms with E-state index in [-0.39, 0.29) is 13.5 Å². The predicted octanol–water partition coefficient (Wildman–Crippen LogP) is 3.73. The average molecular weight is 345 g/mol. The molecule has 1 N–H and O–H groups in total. The summed E-state index contributed by atoms with van der Waals surface area (Å²) in [7, 11) is 2.04. The molecule has 130 valence electrons. The summed E-state index contributed by atoms with van der Waals surface area (Å²) in [5.41, 5.74) is 2.49. The average Bonchev–Trinajstić information content (AvgIpc) is 3.12. The highest BCUT2D eigenvalue weighted by Crippen LogP contribution is 2.22. The molecule has 0 unspecified atom stereocenters. The SMILES string of the molecule is CN[C@H](CN1CCCC1)c1cccc(OCc2ccccc2)c1.S. The van der Waals surface area contributed by atoms with Crippen LogP contribution in [-0.4, -0.2) is 31.6 Å². The summed E-state index contributed by atoms with van der Waals surface area (Å²) in [6.07, 6.45) is 2.66. The van der Waals surface area contributed by atoms with Gasteiger partial charge in [-0.1, -0.05) is 42.5 Å². The number of nitrogens with zero attached hydrogens (tertiary/aromatic N) is 1. The maximum atomic E-state index is 5.96. The lowest BCUT2D eigenvalue weighted by Crippen LogP contribution is -2.31. The molecule has 0 aromatic heterocycles. The van der Waals surface area contributed by atoms with Gasteiger partial charge in [-0.3, -0.25) is 0 Å². The van der Waals surface area contributed by atoms with Gasteiger partial charge in [-0.2, -0.15) is 13.5 Å². The second kappa shape index (κ2) is 9.72. The fourth-order valence-electron chi connectivity index (χ4n) is 3.15. The number of benzene rings is 2. The van der Waals surface area contributed by atoms with E-state index in [0.29, 0.717) is 12.6 Å². The summed E-state index contributed by atoms with van der Waals surface area (Å²) in [5.74, 6) is 0.938. The first kappa shape index (κ1) is 18.8. The molecule has 0 aliphatic carbocycles. The van der Waals surface area contributed by atoms with Crippen LogP contribution >= 0.6 is 13.5 Å². The largest absolute Gasteiger partial charge is 0.489 e. The molecular formula is C20H28N2OS. The fourth-order valence-corrected chi connectivity index (χ4v) is 3.15. The highest BCUT2D eigenvalue weighted by molar-refractivity contribution is 7.59. The van der Waals surface area contributed by atoms with Crippen molar-refractivity contribution < 1.29 is 4.74 Å². The van der Waals surface area contributed by atoms with Gasteiger partial charge in [-0.05, 0) is 56.2 Å². The van der Waals surface area contributed by atoms with E-state index in [0.717, 1.165) is 12.3 Å². The number of ether oxygens (including phenoxy) is 1. The van der Waals surface area contributed by atoms with Crippen LogP contribution in [0.4, 0.5) is 0 Å². The summed E-state index contributed by atoms with van der Waals surface area (Å²) >= 11 is 0. The van der Waals surface area contributed by atoms with Crippen molar-refractivity contribution in [3.8, 4) is 5.75 Å². The molecule has 0 saturated carbocycles. The van der Waals surface area contributed by atoms with Crippen molar-refractivity contribution >= 4 is 13.5 Å². The molecule has 1 atom stereocenters. The molecule has 1 aliphatic rings. The third kappa shape index (κ3) is 5.26. The number of hydrogen-bond acceptors (Lipinski definition) is 3. The monoisotopic (exact) mass is 344 g/mol. The molecule has 1 aliphatic heterocycles. The van der Waals surface area contributed by atoms with Crippen molar-refractivity contribution in [3.05, 3.63) is 65.7 Å². The summed E-state index contributed by atoms with van der Waals surface area (Å²) in [5, 5.41) is 3.45. The van der Waals surface area contributed by atoms with Gasteiger partial charge in [0.25, 0.3) is 0 Å². The Morgan fingerprint density at radius 1 is 1.04 bits per heavy atom. The topological polar surface area (TPSA) is 24.5 Å². The molecule has 24 heavy (non-hydrogen) atoms. The molecule has 2 aromatic carbocycles. The van der Waals surface area contributed by atoms with E-state index in [1.54, 1.807) is 0 Å². The van der Waals surface area contributed by atoms with Gasteiger partial charge in [0, 0.05) is 12.6 Å². The Morgan fingerprint density at radius 2 is 1.79 bits per heavy atom. The zero-order chi connectivity index (χ0) is 15.9. The first-order valence-electron chi connectivity index (χ1n) is 8.51. The minimum atomic E-state index is 0. The molecule has 1 saturated heterocycles. The molecule has 0 radical (unpaired) electrons. The predicted molar refractivity (Wildman–Crippen MR) is 105 cm³/mol. The van der Waals surface area contributed by atoms with E-state index in [2.05, 4.69) is 40.5 Å². The van der Waals surface area contributed by atoms with Gasteiger partial charge >= 0.3 is 0 Å². The van der Waals surface area contributed by atoms with Crippen LogP contribution in [0.2, 0.25) is 0 Å². The second-order valence-corrected chi connectivity index (χ2v) is 6.20. The van der Waals surface area contributed by atoms with Crippen LogP contribution in [0.5, 0.6) is 5.75 Å². The minimum Gasteiger partial charge on any atom is -0.489 e. The van der Waals surface area contributed by atoms with Gasteiger partial charge in [0.05, 0.1) is 0 Å². The first-order valence-corrected chi connectivity index (χ1v) is 8.51. The van der Waals surface area contributed by atoms with Gasteiger partial charge in [0.2, 0.25) is 0 Å². The Morgan fingerprint density at radius 3 is 2.50 bits per heavy atom. The van der Waals surface area contributed by atoms with Crippen molar-refractivity contribution in [2.75, 3.05) is 26.7 Å². The normalized spacial score (nSPS) is 15.7. The molecule has 1 fully saturated rings. The Bertz CT molecular complexity index is 600. The summed E-state index contributed by atoms with van der Waals surface area (Å²) < 4.78 is 5.96. The maximum Gasteiger partial charge on any atom is 0.120 e. The molecule has 2 aromatic rings. The lowest BCUT2D eigenvalue weighted by molar-refractivity contribution is 0.294. The minimum absolute atomic E-state index is 0. The zero-order valence-corrected chi connectivity index (χ0v) is 15.4. The van der Waals surface area contributed by atoms with E-state index >= 15 is 0 Å². The Kier molecular flexibility index (Phi) is 7.63. The first-order chi connectivity index (χ1) is 11.3. The van der Waals surface area contributed by atoms with Crippen molar-refractivity contribution in [1.29, 1.82) is 0 Å². The lowest BCUT2D eigenvalue weighted by atomic mass is 10.1. The molecule has 0 amide bonds. The van der Waals surface area contributed by atoms with Crippen molar-refractivity contribution in [2.45, 2.75) is 25.5 Å². The van der Waals surface area contributed by atoms with Gasteiger partial charge in [0.1, 0.15) is 12.4 Å². The number of nitrogens with one attached hydrogen (secondary N) is 1. The van der Waals surface area contributed by atoms with Crippen LogP contribution in [0, 0.1) is 0 Å². The van der Waals surface area contributed by atoms with Crippen molar-refractivity contribution in [2.24, 2.45) is 0 Å². The molecule has 0 bridgehead atoms. The number of likely N-dealkylation sites (tertiary alicyclic amines) is 1. The molecule has 3 rings (SSSR count). The standard InChI is InChI=1S/C20H26N2O.H2S/c1-21-20(15-22-12-5-6-13-22)18-10-7-11-19(14-18)23-16-17-8-3-2-4-9-17;/h2-4,7-11,14,20-21H,5-6,12-13,15-16H2,1H3;1H2/t20-;/m1./s1. The summed E-state index contributed by atoms with van der Waals surface area (Å²) in [4.78, 5) is 2.54. The third-order valence-electron chi connectivity index (χ3n) is 4.50. The smallest absolute Gasteiger partial charge is 0.120 e. The van der Waals surface area contributed by atoms with Crippen molar-refractivity contribution in [1.82, 2.24) is 10.2 Å². The number of rotatable bonds is 7. The molecule has 1 heterocycles. The van der Waals surface area contributed by atoms with Crippen LogP contribution in [0.1, 0.15) is 30.0 Å². The fraction of sp³-hybridized carbons (Fsp3) is 0.400. The third-order valence-corrected chi connectivity index (χ3v) is 4.50. The quantitative estimate of drug-likeness (QED) is 0.828. The van der Waals surface area contributed by atoms with Crippen LogP contribution in [0.25, 0.3) is 0 Å². The molecule has 0 spiro atoms. The Balaban J connectivity index is 0.00000208. The number of likely N-dealkylation sites (N-methyl/N-ethyl adjacent to an activating group) is 1. The van der Waals surface area contributed by atoms with Crippen LogP contribution in [-0.2, 0) is 6.61 Å². The zero-order valence-electron chi connectivity index (χ0n) is 14.4. The Labute approximate surface area is 152 Å². The van der Waals surface area contributed by atoms with E-state index in [1.807, 2.05) is 31.3 Å². The van der Waals surface area contributed by atoms with E-state index in [1.165, 1.54) is 37.1 Å². The highest BCUT2D eigenvalue weighted by Gasteiger charge is 2.18. The van der Waals surface area contributed by atoms with Gasteiger partial charge < -0.3 is 15.0 Å². The molecule has 3 nitrogen and oxygen atoms in total. The summed E-state index contributed by atoms with van der Waals surface area (Å²) in [6, 6.07) is 19.1. The van der Waals surface area contributed by atoms with Crippen LogP contribution < -0.4 is 10.1 Å². The van der Waals surface area contributed by atoms with Crippen molar-refractivity contribution in [3.63, 3.8) is 0 Å². The maximum absolute atomic E-state index is 5.96. The van der Waals surface area contributed by atoms with E-state index in [9.17, 15) is 0 Å². The van der Waals surface area contributed by atoms with E-state index in [4.69, 9.17) is 4.74 Å². The van der Waals surface area contributed by atoms with Crippen LogP contribution in [0.3, 0.4) is 0 Å². The van der Waals surface area contributed by atoms with Crippen LogP contribution in [0.15, 0.2) is 54.6 Å².